The number of nitrogens with one attached hydrogen (secondary N) is 1. The van der Waals surface area contributed by atoms with Crippen molar-refractivity contribution in [3.8, 4) is 0 Å². The van der Waals surface area contributed by atoms with E-state index < -0.39 is 0 Å². The van der Waals surface area contributed by atoms with Gasteiger partial charge in [-0.2, -0.15) is 0 Å². The largest absolute Gasteiger partial charge is 0.483 e. The molecule has 3 nitrogen and oxygen atoms in total. The molecule has 1 rings (SSSR count). The zero-order chi connectivity index (χ0) is 20.0. The summed E-state index contributed by atoms with van der Waals surface area (Å²) in [4.78, 5) is 8.36. The lowest BCUT2D eigenvalue weighted by atomic mass is 9.98. The molecule has 152 valence electrons. The topological polar surface area (TPSA) is 49.3 Å². The number of carboxylic acid groups (broad SMARTS) is 1. The normalized spacial score (nSPS) is 11.0. The minimum Gasteiger partial charge on any atom is -0.483 e. The van der Waals surface area contributed by atoms with Crippen molar-refractivity contribution in [2.45, 2.75) is 79.6 Å². The van der Waals surface area contributed by atoms with E-state index in [0.717, 1.165) is 18.3 Å². The van der Waals surface area contributed by atoms with Crippen LogP contribution in [0.3, 0.4) is 0 Å². The van der Waals surface area contributed by atoms with Crippen LogP contribution in [-0.4, -0.2) is 24.7 Å². The Bertz CT molecular complexity index is 377. The van der Waals surface area contributed by atoms with Crippen LogP contribution in [0, 0.1) is 11.8 Å². The highest BCUT2D eigenvalue weighted by Gasteiger charge is 2.05. The second-order valence-electron chi connectivity index (χ2n) is 6.68. The fourth-order valence-corrected chi connectivity index (χ4v) is 2.88. The average molecular weight is 366 g/mol. The van der Waals surface area contributed by atoms with Gasteiger partial charge in [0, 0.05) is 0 Å². The molecule has 1 aromatic carbocycles. The molecule has 0 spiro atoms. The molecular formula is C23H43NO2. The zero-order valence-corrected chi connectivity index (χ0v) is 17.8. The summed E-state index contributed by atoms with van der Waals surface area (Å²) >= 11 is 0. The Morgan fingerprint density at radius 2 is 1.46 bits per heavy atom. The summed E-state index contributed by atoms with van der Waals surface area (Å²) in [5.41, 5.74) is 1.41. The van der Waals surface area contributed by atoms with E-state index in [2.05, 4.69) is 64.2 Å². The number of hydrogen-bond donors (Lipinski definition) is 2. The van der Waals surface area contributed by atoms with Gasteiger partial charge in [0.1, 0.15) is 0 Å². The molecule has 0 fully saturated rings. The first kappa shape index (κ1) is 26.9. The Labute approximate surface area is 162 Å². The van der Waals surface area contributed by atoms with Gasteiger partial charge in [0.25, 0.3) is 6.47 Å². The first-order chi connectivity index (χ1) is 12.6. The van der Waals surface area contributed by atoms with E-state index in [1.165, 1.54) is 57.2 Å². The van der Waals surface area contributed by atoms with Crippen molar-refractivity contribution in [3.05, 3.63) is 35.9 Å². The van der Waals surface area contributed by atoms with Crippen LogP contribution < -0.4 is 5.32 Å². The van der Waals surface area contributed by atoms with Gasteiger partial charge in [-0.3, -0.25) is 4.79 Å². The maximum absolute atomic E-state index is 8.36. The molecule has 0 saturated heterocycles. The third-order valence-corrected chi connectivity index (χ3v) is 4.84. The molecule has 0 amide bonds. The first-order valence-corrected chi connectivity index (χ1v) is 10.5. The number of hydrogen-bond acceptors (Lipinski definition) is 2. The van der Waals surface area contributed by atoms with Crippen LogP contribution in [0.2, 0.25) is 0 Å². The zero-order valence-electron chi connectivity index (χ0n) is 17.8. The third kappa shape index (κ3) is 17.5. The molecule has 26 heavy (non-hydrogen) atoms. The summed E-state index contributed by atoms with van der Waals surface area (Å²) in [5.74, 6) is 1.83. The summed E-state index contributed by atoms with van der Waals surface area (Å²) in [7, 11) is 0. The van der Waals surface area contributed by atoms with Crippen LogP contribution in [0.1, 0.15) is 78.7 Å². The Morgan fingerprint density at radius 3 is 1.85 bits per heavy atom. The van der Waals surface area contributed by atoms with Crippen molar-refractivity contribution < 1.29 is 9.90 Å². The highest BCUT2D eigenvalue weighted by molar-refractivity contribution is 5.32. The minimum absolute atomic E-state index is 0.250. The second kappa shape index (κ2) is 21.7. The highest BCUT2D eigenvalue weighted by atomic mass is 16.3. The number of rotatable bonds is 11. The van der Waals surface area contributed by atoms with Crippen LogP contribution in [0.5, 0.6) is 0 Å². The van der Waals surface area contributed by atoms with Crippen molar-refractivity contribution in [1.82, 2.24) is 5.32 Å². The number of benzene rings is 1. The van der Waals surface area contributed by atoms with Gasteiger partial charge in [-0.25, -0.2) is 0 Å². The summed E-state index contributed by atoms with van der Waals surface area (Å²) in [6.07, 6.45) is 9.21. The monoisotopic (exact) mass is 365 g/mol. The molecule has 0 heterocycles. The molecule has 1 aromatic rings. The van der Waals surface area contributed by atoms with Crippen molar-refractivity contribution in [1.29, 1.82) is 0 Å². The van der Waals surface area contributed by atoms with Gasteiger partial charge in [-0.15, -0.1) is 0 Å². The summed E-state index contributed by atoms with van der Waals surface area (Å²) < 4.78 is 0. The number of carbonyl (C=O) groups is 1. The van der Waals surface area contributed by atoms with Crippen molar-refractivity contribution in [2.24, 2.45) is 11.8 Å². The van der Waals surface area contributed by atoms with Gasteiger partial charge in [-0.1, -0.05) is 90.6 Å². The molecule has 1 unspecified atom stereocenters. The van der Waals surface area contributed by atoms with Gasteiger partial charge in [0.15, 0.2) is 0 Å². The fourth-order valence-electron chi connectivity index (χ4n) is 2.88. The lowest BCUT2D eigenvalue weighted by molar-refractivity contribution is -0.122. The third-order valence-electron chi connectivity index (χ3n) is 4.84. The molecule has 0 aliphatic heterocycles. The van der Waals surface area contributed by atoms with E-state index in [1.54, 1.807) is 0 Å². The molecule has 0 aromatic heterocycles. The Morgan fingerprint density at radius 1 is 0.923 bits per heavy atom. The molecule has 2 N–H and O–H groups in total. The lowest BCUT2D eigenvalue weighted by Crippen LogP contribution is -2.24. The predicted molar refractivity (Wildman–Crippen MR) is 115 cm³/mol. The van der Waals surface area contributed by atoms with Crippen LogP contribution in [-0.2, 0) is 11.2 Å². The quantitative estimate of drug-likeness (QED) is 0.364. The van der Waals surface area contributed by atoms with E-state index in [0.29, 0.717) is 0 Å². The van der Waals surface area contributed by atoms with Crippen LogP contribution in [0.4, 0.5) is 0 Å². The Balaban J connectivity index is 0. The maximum atomic E-state index is 8.36. The SMILES string of the molecule is CCCC(CC)CNCCC(CC)CC.CCc1ccccc1.O=CO. The molecule has 3 heteroatoms. The molecule has 0 saturated carbocycles. The first-order valence-electron chi connectivity index (χ1n) is 10.5. The number of aryl methyl sites for hydroxylation is 1. The van der Waals surface area contributed by atoms with Gasteiger partial charge in [-0.05, 0) is 49.8 Å². The van der Waals surface area contributed by atoms with Gasteiger partial charge < -0.3 is 10.4 Å². The van der Waals surface area contributed by atoms with E-state index in [1.807, 2.05) is 6.07 Å². The fraction of sp³-hybridized carbons (Fsp3) is 0.696. The predicted octanol–water partition coefficient (Wildman–Crippen LogP) is 6.18. The van der Waals surface area contributed by atoms with Gasteiger partial charge in [0.05, 0.1) is 0 Å². The van der Waals surface area contributed by atoms with Crippen molar-refractivity contribution in [2.75, 3.05) is 13.1 Å². The van der Waals surface area contributed by atoms with E-state index in [9.17, 15) is 0 Å². The van der Waals surface area contributed by atoms with E-state index >= 15 is 0 Å². The molecule has 0 bridgehead atoms. The lowest BCUT2D eigenvalue weighted by Gasteiger charge is -2.16. The van der Waals surface area contributed by atoms with Crippen molar-refractivity contribution in [3.63, 3.8) is 0 Å². The molecule has 1 atom stereocenters. The van der Waals surface area contributed by atoms with Gasteiger partial charge in [0.2, 0.25) is 0 Å². The van der Waals surface area contributed by atoms with Crippen LogP contribution >= 0.6 is 0 Å². The highest BCUT2D eigenvalue weighted by Crippen LogP contribution is 2.12. The minimum atomic E-state index is -0.250. The average Bonchev–Trinajstić information content (AvgIpc) is 2.69. The molecule has 0 aliphatic carbocycles. The van der Waals surface area contributed by atoms with Crippen molar-refractivity contribution >= 4 is 6.47 Å². The van der Waals surface area contributed by atoms with E-state index in [-0.39, 0.29) is 6.47 Å². The summed E-state index contributed by atoms with van der Waals surface area (Å²) in [6.45, 7) is 13.6. The van der Waals surface area contributed by atoms with E-state index in [4.69, 9.17) is 9.90 Å². The summed E-state index contributed by atoms with van der Waals surface area (Å²) in [6, 6.07) is 10.5. The van der Waals surface area contributed by atoms with Gasteiger partial charge >= 0.3 is 0 Å². The smallest absolute Gasteiger partial charge is 0.290 e. The maximum Gasteiger partial charge on any atom is 0.290 e. The molecule has 0 radical (unpaired) electrons. The molecular weight excluding hydrogens is 322 g/mol. The van der Waals surface area contributed by atoms with Crippen LogP contribution in [0.15, 0.2) is 30.3 Å². The second-order valence-corrected chi connectivity index (χ2v) is 6.68. The summed E-state index contributed by atoms with van der Waals surface area (Å²) in [5, 5.41) is 10.5. The Kier molecular flexibility index (Phi) is 22.4. The standard InChI is InChI=1S/C14H31N.C8H10.CH2O2/c1-5-9-14(8-4)12-15-11-10-13(6-2)7-3;1-2-8-6-4-3-5-7-8;2-1-3/h13-15H,5-12H2,1-4H3;3-7H,2H2,1H3;1H,(H,2,3). The molecule has 0 aliphatic rings. The van der Waals surface area contributed by atoms with Crippen LogP contribution in [0.25, 0.3) is 0 Å². The Hall–Kier alpha value is -1.35.